The quantitative estimate of drug-likeness (QED) is 0.599. The Kier molecular flexibility index (Phi) is 11.0. The number of nitrogens with zero attached hydrogens (tertiary/aromatic N) is 4. The van der Waals surface area contributed by atoms with Crippen molar-refractivity contribution in [2.24, 2.45) is 5.92 Å². The minimum absolute atomic E-state index is 0.652. The van der Waals surface area contributed by atoms with Crippen LogP contribution in [-0.4, -0.2) is 81.0 Å². The van der Waals surface area contributed by atoms with E-state index in [-0.39, 0.29) is 0 Å². The summed E-state index contributed by atoms with van der Waals surface area (Å²) in [5, 5.41) is 18.7. The van der Waals surface area contributed by atoms with Crippen molar-refractivity contribution in [3.63, 3.8) is 0 Å². The predicted molar refractivity (Wildman–Crippen MR) is 110 cm³/mol. The highest BCUT2D eigenvalue weighted by molar-refractivity contribution is 7.07. The number of aromatic nitrogens is 2. The summed E-state index contributed by atoms with van der Waals surface area (Å²) in [6.45, 7) is 5.32. The highest BCUT2D eigenvalue weighted by atomic mass is 32.1. The molecule has 0 spiro atoms. The van der Waals surface area contributed by atoms with Gasteiger partial charge in [-0.1, -0.05) is 0 Å². The predicted octanol–water partition coefficient (Wildman–Crippen LogP) is 3.40. The molecular weight excluding hydrogens is 494 g/mol. The molecule has 3 heterocycles. The summed E-state index contributed by atoms with van der Waals surface area (Å²) in [4.78, 5) is 27.1. The number of halogens is 6. The highest BCUT2D eigenvalue weighted by Crippen LogP contribution is 2.19. The molecule has 0 amide bonds. The summed E-state index contributed by atoms with van der Waals surface area (Å²) in [5.41, 5.74) is 1.42. The van der Waals surface area contributed by atoms with Gasteiger partial charge in [-0.25, -0.2) is 14.6 Å². The molecule has 1 aliphatic rings. The first kappa shape index (κ1) is 29.4. The molecular formula is C19H24F6N4O4S. The van der Waals surface area contributed by atoms with E-state index in [9.17, 15) is 26.3 Å². The van der Waals surface area contributed by atoms with Gasteiger partial charge in [0, 0.05) is 44.5 Å². The van der Waals surface area contributed by atoms with Crippen LogP contribution in [0.5, 0.6) is 0 Å². The van der Waals surface area contributed by atoms with Gasteiger partial charge in [-0.15, -0.1) is 0 Å². The van der Waals surface area contributed by atoms with Gasteiger partial charge in [0.1, 0.15) is 5.82 Å². The van der Waals surface area contributed by atoms with Crippen molar-refractivity contribution in [3.8, 4) is 0 Å². The molecule has 0 saturated carbocycles. The van der Waals surface area contributed by atoms with Gasteiger partial charge in [-0.3, -0.25) is 4.90 Å². The summed E-state index contributed by atoms with van der Waals surface area (Å²) in [6, 6.07) is 2.23. The van der Waals surface area contributed by atoms with Crippen molar-refractivity contribution in [2.75, 3.05) is 27.2 Å². The molecule has 1 unspecified atom stereocenters. The van der Waals surface area contributed by atoms with E-state index >= 15 is 0 Å². The van der Waals surface area contributed by atoms with Crippen LogP contribution >= 0.6 is 11.3 Å². The number of fused-ring (bicyclic) bond motifs is 1. The van der Waals surface area contributed by atoms with Gasteiger partial charge in [0.15, 0.2) is 0 Å². The fourth-order valence-corrected chi connectivity index (χ4v) is 3.68. The zero-order valence-electron chi connectivity index (χ0n) is 18.2. The maximum absolute atomic E-state index is 10.6. The Morgan fingerprint density at radius 3 is 2.12 bits per heavy atom. The molecule has 8 nitrogen and oxygen atoms in total. The first-order valence-electron chi connectivity index (χ1n) is 9.58. The molecule has 2 aromatic rings. The first-order valence-corrected chi connectivity index (χ1v) is 10.5. The summed E-state index contributed by atoms with van der Waals surface area (Å²) in [5.74, 6) is -3.67. The van der Waals surface area contributed by atoms with E-state index in [1.54, 1.807) is 11.3 Å². The Morgan fingerprint density at radius 2 is 1.68 bits per heavy atom. The third kappa shape index (κ3) is 11.0. The Bertz CT molecular complexity index is 875. The molecule has 15 heteroatoms. The number of hydrogen-bond donors (Lipinski definition) is 2. The van der Waals surface area contributed by atoms with Crippen molar-refractivity contribution in [1.82, 2.24) is 19.4 Å². The number of carbonyl (C=O) groups is 2. The van der Waals surface area contributed by atoms with Gasteiger partial charge in [0.25, 0.3) is 0 Å². The molecule has 2 N–H and O–H groups in total. The number of carboxylic acid groups (broad SMARTS) is 2. The second-order valence-electron chi connectivity index (χ2n) is 7.53. The molecule has 192 valence electrons. The van der Waals surface area contributed by atoms with Crippen LogP contribution in [0, 0.1) is 5.92 Å². The third-order valence-corrected chi connectivity index (χ3v) is 4.96. The number of alkyl halides is 6. The normalized spacial score (nSPS) is 16.4. The Hall–Kier alpha value is -2.65. The van der Waals surface area contributed by atoms with Gasteiger partial charge < -0.3 is 19.7 Å². The van der Waals surface area contributed by atoms with Crippen molar-refractivity contribution in [1.29, 1.82) is 0 Å². The smallest absolute Gasteiger partial charge is 0.475 e. The van der Waals surface area contributed by atoms with Crippen LogP contribution in [-0.2, 0) is 29.2 Å². The van der Waals surface area contributed by atoms with Crippen LogP contribution in [0.1, 0.15) is 11.4 Å². The molecule has 0 bridgehead atoms. The van der Waals surface area contributed by atoms with Gasteiger partial charge >= 0.3 is 24.3 Å². The summed E-state index contributed by atoms with van der Waals surface area (Å²) in [6.07, 6.45) is -6.12. The van der Waals surface area contributed by atoms with Crippen molar-refractivity contribution < 1.29 is 46.1 Å². The number of aliphatic carboxylic acids is 2. The van der Waals surface area contributed by atoms with Crippen LogP contribution in [0.15, 0.2) is 29.2 Å². The third-order valence-electron chi connectivity index (χ3n) is 4.23. The molecule has 1 atom stereocenters. The van der Waals surface area contributed by atoms with Crippen molar-refractivity contribution in [2.45, 2.75) is 32.0 Å². The number of imidazole rings is 1. The second kappa shape index (κ2) is 12.7. The van der Waals surface area contributed by atoms with E-state index < -0.39 is 24.3 Å². The van der Waals surface area contributed by atoms with Gasteiger partial charge in [0.05, 0.1) is 6.54 Å². The van der Waals surface area contributed by atoms with E-state index in [1.165, 1.54) is 11.4 Å². The van der Waals surface area contributed by atoms with E-state index in [0.29, 0.717) is 5.92 Å². The topological polar surface area (TPSA) is 98.9 Å². The minimum atomic E-state index is -5.08. The lowest BCUT2D eigenvalue weighted by Crippen LogP contribution is -2.33. The van der Waals surface area contributed by atoms with Crippen LogP contribution in [0.4, 0.5) is 26.3 Å². The van der Waals surface area contributed by atoms with Crippen molar-refractivity contribution in [3.05, 3.63) is 40.6 Å². The zero-order valence-corrected chi connectivity index (χ0v) is 19.0. The molecule has 2 aromatic heterocycles. The lowest BCUT2D eigenvalue weighted by molar-refractivity contribution is -0.193. The first-order chi connectivity index (χ1) is 15.6. The Balaban J connectivity index is 0.000000343. The highest BCUT2D eigenvalue weighted by Gasteiger charge is 2.38. The Labute approximate surface area is 195 Å². The van der Waals surface area contributed by atoms with E-state index in [2.05, 4.69) is 56.5 Å². The molecule has 0 saturated heterocycles. The molecule has 0 fully saturated rings. The monoisotopic (exact) mass is 518 g/mol. The van der Waals surface area contributed by atoms with Crippen LogP contribution < -0.4 is 0 Å². The van der Waals surface area contributed by atoms with Crippen molar-refractivity contribution >= 4 is 23.3 Å². The number of carboxylic acids is 2. The van der Waals surface area contributed by atoms with Crippen LogP contribution in [0.25, 0.3) is 0 Å². The van der Waals surface area contributed by atoms with Crippen LogP contribution in [0.2, 0.25) is 0 Å². The molecule has 3 rings (SSSR count). The lowest BCUT2D eigenvalue weighted by Gasteiger charge is -2.25. The van der Waals surface area contributed by atoms with E-state index in [4.69, 9.17) is 19.8 Å². The van der Waals surface area contributed by atoms with E-state index in [1.807, 2.05) is 6.20 Å². The minimum Gasteiger partial charge on any atom is -0.475 e. The number of thiophene rings is 1. The standard InChI is InChI=1S/C15H22N4S.2C2HF3O2/c1-17(2)7-14-9-18(8-13-3-6-20-12-13)11-15-16-4-5-19(15)10-14;2*3-2(4,5)1(6)7/h3-6,12,14H,7-11H2,1-2H3;2*(H,6,7). The van der Waals surface area contributed by atoms with Crippen LogP contribution in [0.3, 0.4) is 0 Å². The molecule has 34 heavy (non-hydrogen) atoms. The van der Waals surface area contributed by atoms with Gasteiger partial charge in [0.2, 0.25) is 0 Å². The average molecular weight is 518 g/mol. The van der Waals surface area contributed by atoms with Gasteiger partial charge in [-0.05, 0) is 36.5 Å². The average Bonchev–Trinajstić information content (AvgIpc) is 3.30. The fourth-order valence-electron chi connectivity index (χ4n) is 3.02. The van der Waals surface area contributed by atoms with Gasteiger partial charge in [-0.2, -0.15) is 37.7 Å². The fraction of sp³-hybridized carbons (Fsp3) is 0.526. The number of hydrogen-bond acceptors (Lipinski definition) is 6. The number of rotatable bonds is 4. The molecule has 1 aliphatic heterocycles. The largest absolute Gasteiger partial charge is 0.490 e. The summed E-state index contributed by atoms with van der Waals surface area (Å²) >= 11 is 1.78. The lowest BCUT2D eigenvalue weighted by atomic mass is 10.1. The second-order valence-corrected chi connectivity index (χ2v) is 8.31. The molecule has 0 aliphatic carbocycles. The maximum atomic E-state index is 10.6. The summed E-state index contributed by atoms with van der Waals surface area (Å²) < 4.78 is 65.8. The Morgan fingerprint density at radius 1 is 1.12 bits per heavy atom. The summed E-state index contributed by atoms with van der Waals surface area (Å²) in [7, 11) is 4.31. The van der Waals surface area contributed by atoms with E-state index in [0.717, 1.165) is 32.7 Å². The maximum Gasteiger partial charge on any atom is 0.490 e. The zero-order chi connectivity index (χ0) is 26.1. The molecule has 0 radical (unpaired) electrons. The SMILES string of the molecule is CN(C)CC1CN(Cc2ccsc2)Cc2nccn2C1.O=C(O)C(F)(F)F.O=C(O)C(F)(F)F. The molecule has 0 aromatic carbocycles.